The van der Waals surface area contributed by atoms with Gasteiger partial charge in [-0.15, -0.1) is 0 Å². The van der Waals surface area contributed by atoms with E-state index in [1.54, 1.807) is 0 Å². The number of carbonyl (C=O) groups excluding carboxylic acids is 1. The maximum absolute atomic E-state index is 12.0. The van der Waals surface area contributed by atoms with Crippen LogP contribution in [-0.2, 0) is 18.6 Å². The van der Waals surface area contributed by atoms with Gasteiger partial charge in [-0.2, -0.15) is 4.98 Å². The first kappa shape index (κ1) is 19.3. The number of rotatable bonds is 5. The molecule has 10 nitrogen and oxygen atoms in total. The highest BCUT2D eigenvalue weighted by molar-refractivity contribution is 8.05. The minimum atomic E-state index is -3.84. The molecule has 0 aliphatic carbocycles. The molecule has 0 aromatic carbocycles. The average molecular weight is 402 g/mol. The second-order valence-electron chi connectivity index (χ2n) is 4.94. The molecular formula is C11H14Cl2N3O7P. The van der Waals surface area contributed by atoms with Gasteiger partial charge in [-0.25, -0.2) is 4.79 Å². The van der Waals surface area contributed by atoms with E-state index in [0.29, 0.717) is 0 Å². The monoisotopic (exact) mass is 401 g/mol. The summed E-state index contributed by atoms with van der Waals surface area (Å²) in [5.41, 5.74) is -0.820. The number of nitrogens with zero attached hydrogens (tertiary/aromatic N) is 2. The Morgan fingerprint density at radius 1 is 1.50 bits per heavy atom. The van der Waals surface area contributed by atoms with Crippen LogP contribution < -0.4 is 11.0 Å². The van der Waals surface area contributed by atoms with Crippen molar-refractivity contribution in [1.82, 2.24) is 9.55 Å². The van der Waals surface area contributed by atoms with Gasteiger partial charge in [0.2, 0.25) is 5.91 Å². The molecular weight excluding hydrogens is 388 g/mol. The predicted octanol–water partition coefficient (Wildman–Crippen LogP) is 0.423. The first-order valence-corrected chi connectivity index (χ1v) is 10.0. The molecule has 3 N–H and O–H groups in total. The molecule has 1 aliphatic heterocycles. The van der Waals surface area contributed by atoms with Gasteiger partial charge in [-0.3, -0.25) is 13.9 Å². The number of aromatic nitrogens is 2. The molecule has 4 atom stereocenters. The summed E-state index contributed by atoms with van der Waals surface area (Å²) in [6.45, 7) is 0.801. The molecule has 0 saturated carbocycles. The van der Waals surface area contributed by atoms with E-state index in [4.69, 9.17) is 27.2 Å². The Morgan fingerprint density at radius 3 is 2.71 bits per heavy atom. The van der Waals surface area contributed by atoms with E-state index in [2.05, 4.69) is 14.8 Å². The van der Waals surface area contributed by atoms with E-state index in [1.807, 2.05) is 0 Å². The SMILES string of the molecule is CC(=O)Nc1ccn([C@@H]2O[C@H](COP(=O)(Cl)Cl)C(O)C2O)c(=O)n1. The van der Waals surface area contributed by atoms with Crippen molar-refractivity contribution in [3.63, 3.8) is 0 Å². The van der Waals surface area contributed by atoms with Crippen LogP contribution >= 0.6 is 28.6 Å². The molecule has 134 valence electrons. The Labute approximate surface area is 145 Å². The zero-order chi connectivity index (χ0) is 18.1. The highest BCUT2D eigenvalue weighted by Gasteiger charge is 2.44. The van der Waals surface area contributed by atoms with Gasteiger partial charge in [0.1, 0.15) is 24.1 Å². The van der Waals surface area contributed by atoms with E-state index in [9.17, 15) is 24.4 Å². The zero-order valence-corrected chi connectivity index (χ0v) is 14.6. The molecule has 0 spiro atoms. The minimum absolute atomic E-state index is 0.0295. The van der Waals surface area contributed by atoms with Gasteiger partial charge in [0.15, 0.2) is 6.23 Å². The predicted molar refractivity (Wildman–Crippen MR) is 84.0 cm³/mol. The lowest BCUT2D eigenvalue weighted by atomic mass is 10.1. The topological polar surface area (TPSA) is 140 Å². The normalized spacial score (nSPS) is 27.2. The third kappa shape index (κ3) is 4.76. The Bertz CT molecular complexity index is 724. The Morgan fingerprint density at radius 2 is 2.17 bits per heavy atom. The van der Waals surface area contributed by atoms with Crippen molar-refractivity contribution in [3.05, 3.63) is 22.7 Å². The number of anilines is 1. The lowest BCUT2D eigenvalue weighted by Crippen LogP contribution is -2.36. The van der Waals surface area contributed by atoms with Crippen molar-refractivity contribution in [1.29, 1.82) is 0 Å². The van der Waals surface area contributed by atoms with Crippen molar-refractivity contribution >= 4 is 40.3 Å². The number of halogens is 2. The molecule has 1 aromatic heterocycles. The van der Waals surface area contributed by atoms with Crippen LogP contribution in [0.25, 0.3) is 0 Å². The van der Waals surface area contributed by atoms with Crippen LogP contribution in [0.3, 0.4) is 0 Å². The molecule has 0 bridgehead atoms. The standard InChI is InChI=1S/C11H14Cl2N3O7P/c1-5(17)14-7-2-3-16(11(20)15-7)10-9(19)8(18)6(23-10)4-22-24(12,13)21/h2-3,6,8-10,18-19H,4H2,1H3,(H,14,15,17,20)/t6-,8?,9?,10-/m1/s1. The molecule has 24 heavy (non-hydrogen) atoms. The Balaban J connectivity index is 2.16. The van der Waals surface area contributed by atoms with Crippen molar-refractivity contribution in [3.8, 4) is 0 Å². The van der Waals surface area contributed by atoms with Crippen molar-refractivity contribution in [2.45, 2.75) is 31.5 Å². The molecule has 1 aromatic rings. The summed E-state index contributed by atoms with van der Waals surface area (Å²) in [5, 5.41) is 22.3. The fourth-order valence-corrected chi connectivity index (χ4v) is 2.77. The van der Waals surface area contributed by atoms with Crippen molar-refractivity contribution in [2.75, 3.05) is 11.9 Å². The van der Waals surface area contributed by atoms with Crippen molar-refractivity contribution < 1.29 is 28.8 Å². The summed E-state index contributed by atoms with van der Waals surface area (Å²) in [6, 6.07) is 1.32. The lowest BCUT2D eigenvalue weighted by molar-refractivity contribution is -0.114. The minimum Gasteiger partial charge on any atom is -0.387 e. The number of ether oxygens (including phenoxy) is 1. The average Bonchev–Trinajstić information content (AvgIpc) is 2.72. The maximum atomic E-state index is 12.0. The highest BCUT2D eigenvalue weighted by atomic mass is 35.9. The smallest absolute Gasteiger partial charge is 0.380 e. The highest BCUT2D eigenvalue weighted by Crippen LogP contribution is 2.57. The maximum Gasteiger partial charge on any atom is 0.380 e. The summed E-state index contributed by atoms with van der Waals surface area (Å²) in [6.07, 6.45) is -7.88. The molecule has 1 aliphatic rings. The van der Waals surface area contributed by atoms with Gasteiger partial charge in [0, 0.05) is 13.1 Å². The summed E-state index contributed by atoms with van der Waals surface area (Å²) in [4.78, 5) is 26.5. The van der Waals surface area contributed by atoms with E-state index in [1.165, 1.54) is 19.2 Å². The summed E-state index contributed by atoms with van der Waals surface area (Å²) >= 11 is 10.5. The van der Waals surface area contributed by atoms with Crippen LogP contribution in [0, 0.1) is 0 Å². The Hall–Kier alpha value is -1.00. The van der Waals surface area contributed by atoms with E-state index in [-0.39, 0.29) is 5.82 Å². The van der Waals surface area contributed by atoms with Crippen LogP contribution in [0.15, 0.2) is 17.1 Å². The largest absolute Gasteiger partial charge is 0.387 e. The van der Waals surface area contributed by atoms with Gasteiger partial charge in [0.05, 0.1) is 6.61 Å². The van der Waals surface area contributed by atoms with Gasteiger partial charge in [-0.05, 0) is 28.5 Å². The van der Waals surface area contributed by atoms with Crippen LogP contribution in [-0.4, -0.2) is 50.6 Å². The molecule has 1 amide bonds. The van der Waals surface area contributed by atoms with Gasteiger partial charge >= 0.3 is 11.8 Å². The summed E-state index contributed by atoms with van der Waals surface area (Å²) in [7, 11) is 0. The van der Waals surface area contributed by atoms with E-state index >= 15 is 0 Å². The molecule has 2 unspecified atom stereocenters. The third-order valence-corrected chi connectivity index (χ3v) is 4.17. The second kappa shape index (κ2) is 7.49. The van der Waals surface area contributed by atoms with Crippen LogP contribution in [0.5, 0.6) is 0 Å². The number of hydrogen-bond acceptors (Lipinski definition) is 8. The second-order valence-corrected chi connectivity index (χ2v) is 9.22. The third-order valence-electron chi connectivity index (χ3n) is 3.13. The number of nitrogens with one attached hydrogen (secondary N) is 1. The Kier molecular flexibility index (Phi) is 6.03. The van der Waals surface area contributed by atoms with Crippen LogP contribution in [0.4, 0.5) is 5.82 Å². The lowest BCUT2D eigenvalue weighted by Gasteiger charge is -2.17. The van der Waals surface area contributed by atoms with E-state index in [0.717, 1.165) is 4.57 Å². The van der Waals surface area contributed by atoms with Crippen LogP contribution in [0.2, 0.25) is 0 Å². The molecule has 2 heterocycles. The number of carbonyl (C=O) groups is 1. The van der Waals surface area contributed by atoms with Crippen molar-refractivity contribution in [2.24, 2.45) is 0 Å². The number of aliphatic hydroxyl groups is 2. The fraction of sp³-hybridized carbons (Fsp3) is 0.545. The van der Waals surface area contributed by atoms with Crippen LogP contribution in [0.1, 0.15) is 13.2 Å². The summed E-state index contributed by atoms with van der Waals surface area (Å²) < 4.78 is 22.0. The number of hydrogen-bond donors (Lipinski definition) is 3. The van der Waals surface area contributed by atoms with Gasteiger partial charge in [-0.1, -0.05) is 0 Å². The zero-order valence-electron chi connectivity index (χ0n) is 12.2. The quantitative estimate of drug-likeness (QED) is 0.603. The van der Waals surface area contributed by atoms with Gasteiger partial charge in [0.25, 0.3) is 0 Å². The molecule has 0 radical (unpaired) electrons. The molecule has 2 rings (SSSR count). The molecule has 1 saturated heterocycles. The van der Waals surface area contributed by atoms with E-state index < -0.39 is 48.8 Å². The number of amides is 1. The summed E-state index contributed by atoms with van der Waals surface area (Å²) in [5.74, 6) is -0.377. The first-order chi connectivity index (χ1) is 11.1. The number of aliphatic hydroxyl groups excluding tert-OH is 2. The molecule has 1 fully saturated rings. The van der Waals surface area contributed by atoms with Gasteiger partial charge < -0.3 is 24.8 Å². The molecule has 13 heteroatoms. The first-order valence-electron chi connectivity index (χ1n) is 6.61. The fourth-order valence-electron chi connectivity index (χ4n) is 2.11.